The average Bonchev–Trinajstić information content (AvgIpc) is 2.91. The van der Waals surface area contributed by atoms with E-state index in [9.17, 15) is 0 Å². The molecule has 2 aliphatic rings. The molecule has 0 radical (unpaired) electrons. The first-order valence-corrected chi connectivity index (χ1v) is 12.2. The van der Waals surface area contributed by atoms with Gasteiger partial charge in [0.1, 0.15) is 6.61 Å². The summed E-state index contributed by atoms with van der Waals surface area (Å²) in [5, 5.41) is 0. The molecule has 0 amide bonds. The summed E-state index contributed by atoms with van der Waals surface area (Å²) in [6, 6.07) is 19.4. The lowest BCUT2D eigenvalue weighted by atomic mass is 9.99. The van der Waals surface area contributed by atoms with Crippen LogP contribution in [0.3, 0.4) is 0 Å². The summed E-state index contributed by atoms with van der Waals surface area (Å²) in [4.78, 5) is 16.3. The Hall–Kier alpha value is -3.00. The number of aromatic nitrogens is 2. The van der Waals surface area contributed by atoms with Crippen molar-refractivity contribution in [2.75, 3.05) is 70.5 Å². The Morgan fingerprint density at radius 3 is 2.32 bits per heavy atom. The molecule has 2 aliphatic heterocycles. The van der Waals surface area contributed by atoms with Gasteiger partial charge in [0.2, 0.25) is 0 Å². The lowest BCUT2D eigenvalue weighted by Crippen LogP contribution is -2.46. The standard InChI is InChI=1S/C27H33N5O2/c1-2-6-23(7-3-1)25-9-5-4-8-24(25)22-31-12-14-32(15-13-31)26-27(29-11-10-28-26)34-21-18-30-16-19-33-20-17-30/h1-11H,12-22H2. The summed E-state index contributed by atoms with van der Waals surface area (Å²) in [7, 11) is 0. The third-order valence-electron chi connectivity index (χ3n) is 6.56. The number of hydrogen-bond donors (Lipinski definition) is 0. The highest BCUT2D eigenvalue weighted by Gasteiger charge is 2.22. The quantitative estimate of drug-likeness (QED) is 0.513. The first-order chi connectivity index (χ1) is 16.9. The van der Waals surface area contributed by atoms with Crippen molar-refractivity contribution in [2.24, 2.45) is 0 Å². The number of rotatable bonds is 8. The van der Waals surface area contributed by atoms with Crippen molar-refractivity contribution in [2.45, 2.75) is 6.54 Å². The maximum absolute atomic E-state index is 6.07. The Morgan fingerprint density at radius 2 is 1.50 bits per heavy atom. The molecule has 2 saturated heterocycles. The molecule has 178 valence electrons. The van der Waals surface area contributed by atoms with Crippen molar-refractivity contribution in [3.05, 3.63) is 72.6 Å². The van der Waals surface area contributed by atoms with Gasteiger partial charge in [-0.15, -0.1) is 0 Å². The Labute approximate surface area is 201 Å². The molecule has 2 fully saturated rings. The molecule has 3 heterocycles. The van der Waals surface area contributed by atoms with Crippen molar-refractivity contribution in [1.29, 1.82) is 0 Å². The largest absolute Gasteiger partial charge is 0.474 e. The summed E-state index contributed by atoms with van der Waals surface area (Å²) in [6.45, 7) is 9.75. The first-order valence-electron chi connectivity index (χ1n) is 12.2. The predicted octanol–water partition coefficient (Wildman–Crippen LogP) is 3.18. The van der Waals surface area contributed by atoms with E-state index in [1.54, 1.807) is 12.4 Å². The van der Waals surface area contributed by atoms with Gasteiger partial charge < -0.3 is 14.4 Å². The van der Waals surface area contributed by atoms with Crippen LogP contribution < -0.4 is 9.64 Å². The van der Waals surface area contributed by atoms with E-state index in [0.717, 1.165) is 71.4 Å². The number of hydrogen-bond acceptors (Lipinski definition) is 7. The van der Waals surface area contributed by atoms with E-state index in [0.29, 0.717) is 12.5 Å². The van der Waals surface area contributed by atoms with Crippen molar-refractivity contribution >= 4 is 5.82 Å². The summed E-state index contributed by atoms with van der Waals surface area (Å²) < 4.78 is 11.5. The third kappa shape index (κ3) is 5.73. The van der Waals surface area contributed by atoms with Crippen molar-refractivity contribution < 1.29 is 9.47 Å². The second kappa shape index (κ2) is 11.4. The van der Waals surface area contributed by atoms with Gasteiger partial charge in [0, 0.05) is 64.8 Å². The normalized spacial score (nSPS) is 17.6. The number of benzene rings is 2. The maximum Gasteiger partial charge on any atom is 0.257 e. The zero-order chi connectivity index (χ0) is 23.0. The Balaban J connectivity index is 1.17. The smallest absolute Gasteiger partial charge is 0.257 e. The lowest BCUT2D eigenvalue weighted by molar-refractivity contribution is 0.0320. The molecular weight excluding hydrogens is 426 g/mol. The van der Waals surface area contributed by atoms with Gasteiger partial charge in [-0.25, -0.2) is 9.97 Å². The molecular formula is C27H33N5O2. The minimum absolute atomic E-state index is 0.613. The highest BCUT2D eigenvalue weighted by Crippen LogP contribution is 2.27. The van der Waals surface area contributed by atoms with Crippen LogP contribution in [0.5, 0.6) is 5.88 Å². The second-order valence-corrected chi connectivity index (χ2v) is 8.77. The molecule has 0 N–H and O–H groups in total. The van der Waals surface area contributed by atoms with Crippen LogP contribution in [0.25, 0.3) is 11.1 Å². The highest BCUT2D eigenvalue weighted by molar-refractivity contribution is 5.67. The predicted molar refractivity (Wildman–Crippen MR) is 134 cm³/mol. The molecule has 0 spiro atoms. The van der Waals surface area contributed by atoms with Crippen molar-refractivity contribution in [3.8, 4) is 17.0 Å². The topological polar surface area (TPSA) is 54.0 Å². The molecule has 34 heavy (non-hydrogen) atoms. The van der Waals surface area contributed by atoms with E-state index >= 15 is 0 Å². The van der Waals surface area contributed by atoms with Crippen LogP contribution in [0, 0.1) is 0 Å². The van der Waals surface area contributed by atoms with Gasteiger partial charge in [0.05, 0.1) is 13.2 Å². The highest BCUT2D eigenvalue weighted by atomic mass is 16.5. The lowest BCUT2D eigenvalue weighted by Gasteiger charge is -2.36. The molecule has 0 aliphatic carbocycles. The average molecular weight is 460 g/mol. The summed E-state index contributed by atoms with van der Waals surface area (Å²) in [6.07, 6.45) is 3.47. The van der Waals surface area contributed by atoms with Crippen LogP contribution in [0.1, 0.15) is 5.56 Å². The zero-order valence-electron chi connectivity index (χ0n) is 19.7. The van der Waals surface area contributed by atoms with Gasteiger partial charge in [0.25, 0.3) is 5.88 Å². The minimum Gasteiger partial charge on any atom is -0.474 e. The molecule has 0 atom stereocenters. The zero-order valence-corrected chi connectivity index (χ0v) is 19.7. The molecule has 0 saturated carbocycles. The van der Waals surface area contributed by atoms with E-state index in [1.807, 2.05) is 0 Å². The molecule has 7 heteroatoms. The fourth-order valence-electron chi connectivity index (χ4n) is 4.65. The van der Waals surface area contributed by atoms with E-state index in [2.05, 4.69) is 79.3 Å². The number of anilines is 1. The molecule has 0 bridgehead atoms. The van der Waals surface area contributed by atoms with E-state index in [-0.39, 0.29) is 0 Å². The number of morpholine rings is 1. The van der Waals surface area contributed by atoms with Crippen molar-refractivity contribution in [3.63, 3.8) is 0 Å². The van der Waals surface area contributed by atoms with Crippen LogP contribution in [-0.4, -0.2) is 85.4 Å². The number of nitrogens with zero attached hydrogens (tertiary/aromatic N) is 5. The summed E-state index contributed by atoms with van der Waals surface area (Å²) in [5.74, 6) is 1.49. The third-order valence-corrected chi connectivity index (χ3v) is 6.56. The minimum atomic E-state index is 0.613. The molecule has 7 nitrogen and oxygen atoms in total. The van der Waals surface area contributed by atoms with Gasteiger partial charge in [0.15, 0.2) is 5.82 Å². The fourth-order valence-corrected chi connectivity index (χ4v) is 4.65. The fraction of sp³-hybridized carbons (Fsp3) is 0.407. The van der Waals surface area contributed by atoms with Gasteiger partial charge in [-0.1, -0.05) is 54.6 Å². The first kappa shape index (κ1) is 22.8. The second-order valence-electron chi connectivity index (χ2n) is 8.77. The van der Waals surface area contributed by atoms with Crippen molar-refractivity contribution in [1.82, 2.24) is 19.8 Å². The monoisotopic (exact) mass is 459 g/mol. The Kier molecular flexibility index (Phi) is 7.65. The van der Waals surface area contributed by atoms with Crippen LogP contribution >= 0.6 is 0 Å². The van der Waals surface area contributed by atoms with Crippen LogP contribution in [0.15, 0.2) is 67.0 Å². The molecule has 0 unspecified atom stereocenters. The van der Waals surface area contributed by atoms with E-state index in [4.69, 9.17) is 9.47 Å². The van der Waals surface area contributed by atoms with Gasteiger partial charge in [-0.2, -0.15) is 0 Å². The van der Waals surface area contributed by atoms with Crippen LogP contribution in [-0.2, 0) is 11.3 Å². The number of ether oxygens (including phenoxy) is 2. The SMILES string of the molecule is c1ccc(-c2ccccc2CN2CCN(c3nccnc3OCCN3CCOCC3)CC2)cc1. The molecule has 2 aromatic carbocycles. The molecule has 1 aromatic heterocycles. The summed E-state index contributed by atoms with van der Waals surface area (Å²) >= 11 is 0. The van der Waals surface area contributed by atoms with Crippen LogP contribution in [0.2, 0.25) is 0 Å². The van der Waals surface area contributed by atoms with Gasteiger partial charge in [-0.05, 0) is 16.7 Å². The molecule has 5 rings (SSSR count). The Bertz CT molecular complexity index is 1030. The number of piperazine rings is 1. The summed E-state index contributed by atoms with van der Waals surface area (Å²) in [5.41, 5.74) is 3.96. The van der Waals surface area contributed by atoms with Crippen LogP contribution in [0.4, 0.5) is 5.82 Å². The maximum atomic E-state index is 6.07. The van der Waals surface area contributed by atoms with E-state index < -0.39 is 0 Å². The van der Waals surface area contributed by atoms with E-state index in [1.165, 1.54) is 16.7 Å². The molecule has 3 aromatic rings. The van der Waals surface area contributed by atoms with Gasteiger partial charge >= 0.3 is 0 Å². The Morgan fingerprint density at radius 1 is 0.765 bits per heavy atom. The van der Waals surface area contributed by atoms with Gasteiger partial charge in [-0.3, -0.25) is 9.80 Å².